The first kappa shape index (κ1) is 17.8. The van der Waals surface area contributed by atoms with Crippen LogP contribution in [-0.2, 0) is 12.8 Å². The molecule has 0 saturated carbocycles. The molecule has 0 spiro atoms. The van der Waals surface area contributed by atoms with Crippen LogP contribution in [0.5, 0.6) is 28.7 Å². The van der Waals surface area contributed by atoms with E-state index in [0.29, 0.717) is 23.3 Å². The maximum atomic E-state index is 5.82. The second-order valence-electron chi connectivity index (χ2n) is 7.40. The van der Waals surface area contributed by atoms with Crippen LogP contribution < -0.4 is 23.7 Å². The summed E-state index contributed by atoms with van der Waals surface area (Å²) in [7, 11) is 5.02. The van der Waals surface area contributed by atoms with E-state index in [1.54, 1.807) is 21.3 Å². The van der Waals surface area contributed by atoms with Crippen molar-refractivity contribution in [2.24, 2.45) is 11.8 Å². The van der Waals surface area contributed by atoms with Crippen LogP contribution in [0.15, 0.2) is 18.2 Å². The molecule has 27 heavy (non-hydrogen) atoms. The summed E-state index contributed by atoms with van der Waals surface area (Å²) in [5.41, 5.74) is 4.61. The van der Waals surface area contributed by atoms with Crippen LogP contribution in [0.4, 0.5) is 0 Å². The Balaban J connectivity index is 2.04. The molecule has 0 radical (unpaired) electrons. The van der Waals surface area contributed by atoms with Crippen molar-refractivity contribution in [1.29, 1.82) is 0 Å². The van der Waals surface area contributed by atoms with Crippen LogP contribution >= 0.6 is 0 Å². The molecule has 0 unspecified atom stereocenters. The van der Waals surface area contributed by atoms with Crippen LogP contribution in [0, 0.1) is 11.8 Å². The van der Waals surface area contributed by atoms with Crippen LogP contribution in [-0.4, -0.2) is 28.1 Å². The van der Waals surface area contributed by atoms with Crippen LogP contribution in [0.2, 0.25) is 0 Å². The highest BCUT2D eigenvalue weighted by Gasteiger charge is 2.31. The van der Waals surface area contributed by atoms with Gasteiger partial charge in [-0.3, -0.25) is 0 Å². The predicted octanol–water partition coefficient (Wildman–Crippen LogP) is 4.48. The van der Waals surface area contributed by atoms with Crippen molar-refractivity contribution in [1.82, 2.24) is 0 Å². The summed E-state index contributed by atoms with van der Waals surface area (Å²) in [5, 5.41) is 0. The van der Waals surface area contributed by atoms with Gasteiger partial charge >= 0.3 is 0 Å². The summed E-state index contributed by atoms with van der Waals surface area (Å²) < 4.78 is 28.3. The third-order valence-electron chi connectivity index (χ3n) is 5.84. The van der Waals surface area contributed by atoms with E-state index >= 15 is 0 Å². The number of rotatable bonds is 3. The molecule has 2 aromatic carbocycles. The van der Waals surface area contributed by atoms with Crippen molar-refractivity contribution in [3.8, 4) is 39.9 Å². The quantitative estimate of drug-likeness (QED) is 0.797. The van der Waals surface area contributed by atoms with Crippen molar-refractivity contribution < 1.29 is 23.7 Å². The molecule has 0 fully saturated rings. The van der Waals surface area contributed by atoms with Gasteiger partial charge in [-0.05, 0) is 59.6 Å². The summed E-state index contributed by atoms with van der Waals surface area (Å²) in [6.07, 6.45) is 1.92. The van der Waals surface area contributed by atoms with Crippen LogP contribution in [0.3, 0.4) is 0 Å². The minimum absolute atomic E-state index is 0.222. The van der Waals surface area contributed by atoms with Crippen molar-refractivity contribution in [3.63, 3.8) is 0 Å². The Bertz CT molecular complexity index is 874. The van der Waals surface area contributed by atoms with Gasteiger partial charge < -0.3 is 23.7 Å². The molecule has 4 rings (SSSR count). The second-order valence-corrected chi connectivity index (χ2v) is 7.40. The van der Waals surface area contributed by atoms with Gasteiger partial charge in [0.25, 0.3) is 0 Å². The van der Waals surface area contributed by atoms with E-state index in [4.69, 9.17) is 23.7 Å². The lowest BCUT2D eigenvalue weighted by Gasteiger charge is -2.28. The average molecular weight is 370 g/mol. The SMILES string of the molecule is COc1cc2c(cc1OC)-c1c(cc3c(c1OC)OCO3)C[C@@H](C)[C@@H](C)C2. The van der Waals surface area contributed by atoms with Crippen LogP contribution in [0.1, 0.15) is 25.0 Å². The first-order valence-electron chi connectivity index (χ1n) is 9.32. The monoisotopic (exact) mass is 370 g/mol. The van der Waals surface area contributed by atoms with E-state index in [1.807, 2.05) is 0 Å². The van der Waals surface area contributed by atoms with Gasteiger partial charge in [0, 0.05) is 5.56 Å². The number of methoxy groups -OCH3 is 3. The molecule has 0 saturated heterocycles. The number of benzene rings is 2. The normalized spacial score (nSPS) is 20.2. The molecule has 1 heterocycles. The molecular weight excluding hydrogens is 344 g/mol. The highest BCUT2D eigenvalue weighted by molar-refractivity contribution is 5.83. The fourth-order valence-corrected chi connectivity index (χ4v) is 4.13. The molecule has 0 bridgehead atoms. The second kappa shape index (κ2) is 6.87. The fourth-order valence-electron chi connectivity index (χ4n) is 4.13. The summed E-state index contributed by atoms with van der Waals surface area (Å²) in [6, 6.07) is 6.26. The molecule has 2 atom stereocenters. The zero-order chi connectivity index (χ0) is 19.1. The molecule has 144 valence electrons. The molecule has 5 nitrogen and oxygen atoms in total. The minimum Gasteiger partial charge on any atom is -0.493 e. The lowest BCUT2D eigenvalue weighted by atomic mass is 9.78. The van der Waals surface area contributed by atoms with Gasteiger partial charge in [-0.25, -0.2) is 0 Å². The summed E-state index contributed by atoms with van der Waals surface area (Å²) in [5.74, 6) is 4.68. The van der Waals surface area contributed by atoms with Gasteiger partial charge in [-0.2, -0.15) is 0 Å². The standard InChI is InChI=1S/C22H26O5/c1-12-6-14-8-17(23-3)18(24-4)10-16(14)20-15(7-13(12)2)9-19-21(22(20)25-5)27-11-26-19/h8-10,12-13H,6-7,11H2,1-5H3/t12-,13+/m0/s1. The largest absolute Gasteiger partial charge is 0.493 e. The van der Waals surface area contributed by atoms with Gasteiger partial charge in [0.2, 0.25) is 12.5 Å². The molecular formula is C22H26O5. The Kier molecular flexibility index (Phi) is 4.54. The summed E-state index contributed by atoms with van der Waals surface area (Å²) in [6.45, 7) is 4.83. The van der Waals surface area contributed by atoms with Gasteiger partial charge in [0.1, 0.15) is 0 Å². The van der Waals surface area contributed by atoms with Gasteiger partial charge in [-0.1, -0.05) is 13.8 Å². The van der Waals surface area contributed by atoms with Crippen molar-refractivity contribution in [2.75, 3.05) is 28.1 Å². The zero-order valence-corrected chi connectivity index (χ0v) is 16.5. The molecule has 0 aromatic heterocycles. The number of fused-ring (bicyclic) bond motifs is 4. The maximum absolute atomic E-state index is 5.82. The average Bonchev–Trinajstić information content (AvgIpc) is 3.13. The lowest BCUT2D eigenvalue weighted by Crippen LogP contribution is -2.17. The first-order chi connectivity index (χ1) is 13.1. The fraction of sp³-hybridized carbons (Fsp3) is 0.455. The Morgan fingerprint density at radius 1 is 0.815 bits per heavy atom. The minimum atomic E-state index is 0.222. The Hall–Kier alpha value is -2.56. The molecule has 2 aliphatic rings. The van der Waals surface area contributed by atoms with E-state index < -0.39 is 0 Å². The van der Waals surface area contributed by atoms with Crippen molar-refractivity contribution in [2.45, 2.75) is 26.7 Å². The summed E-state index contributed by atoms with van der Waals surface area (Å²) in [4.78, 5) is 0. The van der Waals surface area contributed by atoms with Gasteiger partial charge in [0.05, 0.1) is 21.3 Å². The van der Waals surface area contributed by atoms with E-state index in [1.165, 1.54) is 11.1 Å². The van der Waals surface area contributed by atoms with E-state index in [9.17, 15) is 0 Å². The molecule has 1 aliphatic heterocycles. The lowest BCUT2D eigenvalue weighted by molar-refractivity contribution is 0.171. The van der Waals surface area contributed by atoms with Gasteiger partial charge in [0.15, 0.2) is 23.0 Å². The molecule has 5 heteroatoms. The Labute approximate surface area is 160 Å². The Morgan fingerprint density at radius 2 is 1.48 bits per heavy atom. The number of hydrogen-bond donors (Lipinski definition) is 0. The topological polar surface area (TPSA) is 46.2 Å². The van der Waals surface area contributed by atoms with E-state index in [0.717, 1.165) is 41.2 Å². The van der Waals surface area contributed by atoms with Crippen molar-refractivity contribution in [3.05, 3.63) is 29.3 Å². The molecule has 2 aromatic rings. The molecule has 0 amide bonds. The first-order valence-corrected chi connectivity index (χ1v) is 9.32. The van der Waals surface area contributed by atoms with E-state index in [-0.39, 0.29) is 6.79 Å². The smallest absolute Gasteiger partial charge is 0.231 e. The van der Waals surface area contributed by atoms with Gasteiger partial charge in [-0.15, -0.1) is 0 Å². The number of hydrogen-bond acceptors (Lipinski definition) is 5. The van der Waals surface area contributed by atoms with E-state index in [2.05, 4.69) is 32.0 Å². The number of ether oxygens (including phenoxy) is 5. The maximum Gasteiger partial charge on any atom is 0.231 e. The third-order valence-corrected chi connectivity index (χ3v) is 5.84. The predicted molar refractivity (Wildman–Crippen MR) is 103 cm³/mol. The van der Waals surface area contributed by atoms with Crippen molar-refractivity contribution >= 4 is 0 Å². The van der Waals surface area contributed by atoms with Crippen LogP contribution in [0.25, 0.3) is 11.1 Å². The highest BCUT2D eigenvalue weighted by Crippen LogP contribution is 2.52. The Morgan fingerprint density at radius 3 is 2.15 bits per heavy atom. The summed E-state index contributed by atoms with van der Waals surface area (Å²) >= 11 is 0. The third kappa shape index (κ3) is 2.85. The molecule has 0 N–H and O–H groups in total. The zero-order valence-electron chi connectivity index (χ0n) is 16.5. The molecule has 1 aliphatic carbocycles. The highest BCUT2D eigenvalue weighted by atomic mass is 16.7.